The number of nitrogen functional groups attached to an aromatic ring is 1. The van der Waals surface area contributed by atoms with Crippen molar-refractivity contribution in [3.05, 3.63) is 5.69 Å². The molecule has 3 N–H and O–H groups in total. The van der Waals surface area contributed by atoms with Gasteiger partial charge in [0.15, 0.2) is 0 Å². The van der Waals surface area contributed by atoms with Gasteiger partial charge in [-0.25, -0.2) is 0 Å². The number of hydrogen-bond acceptors (Lipinski definition) is 4. The SMILES string of the molecule is Cc1noc(N)c1O. The summed E-state index contributed by atoms with van der Waals surface area (Å²) in [6.07, 6.45) is 0. The van der Waals surface area contributed by atoms with Crippen LogP contribution in [0.2, 0.25) is 0 Å². The number of rotatable bonds is 0. The van der Waals surface area contributed by atoms with Gasteiger partial charge in [0.25, 0.3) is 5.88 Å². The smallest absolute Gasteiger partial charge is 0.264 e. The molecule has 0 aliphatic rings. The highest BCUT2D eigenvalue weighted by Crippen LogP contribution is 2.21. The number of aryl methyl sites for hydroxylation is 1. The Labute approximate surface area is 45.9 Å². The maximum Gasteiger partial charge on any atom is 0.264 e. The summed E-state index contributed by atoms with van der Waals surface area (Å²) in [7, 11) is 0. The van der Waals surface area contributed by atoms with Gasteiger partial charge in [-0.3, -0.25) is 0 Å². The molecule has 0 fully saturated rings. The third kappa shape index (κ3) is 0.501. The monoisotopic (exact) mass is 114 g/mol. The molecule has 44 valence electrons. The highest BCUT2D eigenvalue weighted by Gasteiger charge is 2.04. The molecule has 8 heavy (non-hydrogen) atoms. The summed E-state index contributed by atoms with van der Waals surface area (Å²) in [6, 6.07) is 0. The lowest BCUT2D eigenvalue weighted by molar-refractivity contribution is 0.424. The number of nitrogens with two attached hydrogens (primary N) is 1. The molecule has 0 radical (unpaired) electrons. The minimum atomic E-state index is -0.0648. The lowest BCUT2D eigenvalue weighted by atomic mass is 10.4. The second-order valence-electron chi connectivity index (χ2n) is 1.48. The van der Waals surface area contributed by atoms with Crippen molar-refractivity contribution < 1.29 is 9.63 Å². The number of aromatic hydroxyl groups is 1. The zero-order valence-electron chi connectivity index (χ0n) is 4.38. The first-order chi connectivity index (χ1) is 3.72. The number of aromatic nitrogens is 1. The van der Waals surface area contributed by atoms with Crippen molar-refractivity contribution in [2.24, 2.45) is 0 Å². The van der Waals surface area contributed by atoms with Crippen LogP contribution < -0.4 is 5.73 Å². The summed E-state index contributed by atoms with van der Waals surface area (Å²) in [6.45, 7) is 1.61. The molecule has 0 bridgehead atoms. The quantitative estimate of drug-likeness (QED) is 0.507. The minimum Gasteiger partial charge on any atom is -0.502 e. The lowest BCUT2D eigenvalue weighted by Crippen LogP contribution is -1.78. The van der Waals surface area contributed by atoms with Crippen molar-refractivity contribution in [2.75, 3.05) is 5.73 Å². The molecule has 0 unspecified atom stereocenters. The number of anilines is 1. The van der Waals surface area contributed by atoms with Crippen LogP contribution in [0.25, 0.3) is 0 Å². The topological polar surface area (TPSA) is 72.3 Å². The lowest BCUT2D eigenvalue weighted by Gasteiger charge is -1.80. The van der Waals surface area contributed by atoms with E-state index in [0.717, 1.165) is 0 Å². The maximum absolute atomic E-state index is 8.77. The predicted octanol–water partition coefficient (Wildman–Crippen LogP) is 0.271. The average Bonchev–Trinajstić information content (AvgIpc) is 1.98. The second kappa shape index (κ2) is 1.40. The zero-order chi connectivity index (χ0) is 6.15. The van der Waals surface area contributed by atoms with E-state index < -0.39 is 0 Å². The normalized spacial score (nSPS) is 9.62. The molecule has 0 atom stereocenters. The Balaban J connectivity index is 3.19. The fourth-order valence-electron chi connectivity index (χ4n) is 0.382. The summed E-state index contributed by atoms with van der Waals surface area (Å²) in [5, 5.41) is 12.1. The van der Waals surface area contributed by atoms with Crippen LogP contribution in [0.5, 0.6) is 5.75 Å². The highest BCUT2D eigenvalue weighted by atomic mass is 16.5. The molecule has 0 saturated heterocycles. The van der Waals surface area contributed by atoms with Gasteiger partial charge in [0.1, 0.15) is 5.69 Å². The molecule has 0 amide bonds. The van der Waals surface area contributed by atoms with Crippen molar-refractivity contribution >= 4 is 5.88 Å². The van der Waals surface area contributed by atoms with Gasteiger partial charge in [-0.05, 0) is 6.92 Å². The summed E-state index contributed by atoms with van der Waals surface area (Å²) in [5.74, 6) is -0.0903. The fourth-order valence-corrected chi connectivity index (χ4v) is 0.382. The van der Waals surface area contributed by atoms with E-state index in [1.807, 2.05) is 0 Å². The molecule has 0 aliphatic heterocycles. The summed E-state index contributed by atoms with van der Waals surface area (Å²) >= 11 is 0. The largest absolute Gasteiger partial charge is 0.502 e. The van der Waals surface area contributed by atoms with Crippen LogP contribution in [0.1, 0.15) is 5.69 Å². The second-order valence-corrected chi connectivity index (χ2v) is 1.48. The number of hydrogen-bond donors (Lipinski definition) is 2. The third-order valence-corrected chi connectivity index (χ3v) is 0.857. The maximum atomic E-state index is 8.77. The van der Waals surface area contributed by atoms with E-state index in [1.54, 1.807) is 6.92 Å². The molecule has 1 aromatic heterocycles. The molecule has 1 heterocycles. The molecule has 0 aliphatic carbocycles. The fraction of sp³-hybridized carbons (Fsp3) is 0.250. The molecule has 1 aromatic rings. The first-order valence-corrected chi connectivity index (χ1v) is 2.12. The molecule has 1 rings (SSSR count). The van der Waals surface area contributed by atoms with Crippen LogP contribution in [-0.2, 0) is 0 Å². The Morgan fingerprint density at radius 3 is 2.50 bits per heavy atom. The summed E-state index contributed by atoms with van der Waals surface area (Å²) < 4.78 is 4.37. The van der Waals surface area contributed by atoms with Crippen LogP contribution in [-0.4, -0.2) is 10.3 Å². The van der Waals surface area contributed by atoms with E-state index in [-0.39, 0.29) is 11.6 Å². The molecule has 0 saturated carbocycles. The average molecular weight is 114 g/mol. The zero-order valence-corrected chi connectivity index (χ0v) is 4.38. The van der Waals surface area contributed by atoms with Crippen molar-refractivity contribution in [2.45, 2.75) is 6.92 Å². The van der Waals surface area contributed by atoms with Crippen LogP contribution in [0.4, 0.5) is 5.88 Å². The first kappa shape index (κ1) is 4.96. The van der Waals surface area contributed by atoms with Gasteiger partial charge in [-0.15, -0.1) is 0 Å². The van der Waals surface area contributed by atoms with Gasteiger partial charge in [0.05, 0.1) is 0 Å². The van der Waals surface area contributed by atoms with Gasteiger partial charge in [-0.2, -0.15) is 0 Å². The van der Waals surface area contributed by atoms with Crippen LogP contribution in [0, 0.1) is 6.92 Å². The third-order valence-electron chi connectivity index (χ3n) is 0.857. The van der Waals surface area contributed by atoms with E-state index in [2.05, 4.69) is 9.68 Å². The Kier molecular flexibility index (Phi) is 0.865. The Morgan fingerprint density at radius 2 is 2.38 bits per heavy atom. The molecule has 0 aromatic carbocycles. The van der Waals surface area contributed by atoms with Gasteiger partial charge in [0, 0.05) is 0 Å². The van der Waals surface area contributed by atoms with Gasteiger partial charge >= 0.3 is 0 Å². The van der Waals surface area contributed by atoms with Crippen molar-refractivity contribution in [1.82, 2.24) is 5.16 Å². The Hall–Kier alpha value is -1.19. The van der Waals surface area contributed by atoms with E-state index in [9.17, 15) is 0 Å². The molecule has 4 nitrogen and oxygen atoms in total. The highest BCUT2D eigenvalue weighted by molar-refractivity contribution is 5.43. The van der Waals surface area contributed by atoms with Crippen molar-refractivity contribution in [3.8, 4) is 5.75 Å². The molecule has 0 spiro atoms. The van der Waals surface area contributed by atoms with Gasteiger partial charge in [-0.1, -0.05) is 5.16 Å². The molecular weight excluding hydrogens is 108 g/mol. The minimum absolute atomic E-state index is 0.0255. The van der Waals surface area contributed by atoms with Crippen LogP contribution in [0.15, 0.2) is 4.52 Å². The molecular formula is C4H6N2O2. The van der Waals surface area contributed by atoms with Crippen LogP contribution >= 0.6 is 0 Å². The summed E-state index contributed by atoms with van der Waals surface area (Å²) in [5.41, 5.74) is 5.48. The Morgan fingerprint density at radius 1 is 1.75 bits per heavy atom. The van der Waals surface area contributed by atoms with E-state index >= 15 is 0 Å². The molecule has 4 heteroatoms. The van der Waals surface area contributed by atoms with Crippen LogP contribution in [0.3, 0.4) is 0 Å². The van der Waals surface area contributed by atoms with Gasteiger partial charge < -0.3 is 15.4 Å². The van der Waals surface area contributed by atoms with Crippen molar-refractivity contribution in [1.29, 1.82) is 0 Å². The summed E-state index contributed by atoms with van der Waals surface area (Å²) in [4.78, 5) is 0. The van der Waals surface area contributed by atoms with Gasteiger partial charge in [0.2, 0.25) is 5.75 Å². The van der Waals surface area contributed by atoms with E-state index in [1.165, 1.54) is 0 Å². The Bertz CT molecular complexity index is 174. The predicted molar refractivity (Wildman–Crippen MR) is 27.3 cm³/mol. The standard InChI is InChI=1S/C4H6N2O2/c1-2-3(7)4(5)8-6-2/h7H,5H2,1H3. The number of nitrogens with zero attached hydrogens (tertiary/aromatic N) is 1. The van der Waals surface area contributed by atoms with Crippen molar-refractivity contribution in [3.63, 3.8) is 0 Å². The van der Waals surface area contributed by atoms with E-state index in [0.29, 0.717) is 5.69 Å². The first-order valence-electron chi connectivity index (χ1n) is 2.12. The van der Waals surface area contributed by atoms with E-state index in [4.69, 9.17) is 10.8 Å².